The van der Waals surface area contributed by atoms with E-state index in [-0.39, 0.29) is 16.9 Å². The van der Waals surface area contributed by atoms with Gasteiger partial charge in [0.25, 0.3) is 0 Å². The van der Waals surface area contributed by atoms with Gasteiger partial charge >= 0.3 is 0 Å². The first-order valence-electron chi connectivity index (χ1n) is 10.5. The van der Waals surface area contributed by atoms with Crippen LogP contribution in [0.1, 0.15) is 86.8 Å². The van der Waals surface area contributed by atoms with Gasteiger partial charge in [0.2, 0.25) is 0 Å². The molecule has 0 amide bonds. The van der Waals surface area contributed by atoms with Crippen LogP contribution in [0.4, 0.5) is 0 Å². The fourth-order valence-corrected chi connectivity index (χ4v) is 5.39. The van der Waals surface area contributed by atoms with Gasteiger partial charge in [-0.15, -0.1) is 0 Å². The molecule has 2 saturated carbocycles. The second-order valence-corrected chi connectivity index (χ2v) is 8.45. The number of hydrogen-bond donors (Lipinski definition) is 3. The van der Waals surface area contributed by atoms with Gasteiger partial charge in [-0.1, -0.05) is 56.7 Å². The van der Waals surface area contributed by atoms with Crippen LogP contribution >= 0.6 is 0 Å². The zero-order valence-corrected chi connectivity index (χ0v) is 16.0. The third-order valence-electron chi connectivity index (χ3n) is 6.83. The molecule has 4 rings (SSSR count). The number of hydrogen-bond acceptors (Lipinski definition) is 3. The molecule has 0 atom stereocenters. The van der Waals surface area contributed by atoms with Gasteiger partial charge in [-0.2, -0.15) is 0 Å². The molecule has 3 heteroatoms. The maximum Gasteiger partial charge on any atom is 0.123 e. The Morgan fingerprint density at radius 3 is 2.11 bits per heavy atom. The number of aromatic hydroxyl groups is 3. The SMILES string of the molecule is Oc1ccc(C2(c3ccc(O)c(C4CCCCC4)c3)CCCCC2)c(O)c1. The monoisotopic (exact) mass is 366 g/mol. The molecule has 0 heterocycles. The molecule has 144 valence electrons. The Bertz CT molecular complexity index is 799. The molecule has 0 aromatic heterocycles. The second-order valence-electron chi connectivity index (χ2n) is 8.45. The van der Waals surface area contributed by atoms with Gasteiger partial charge in [-0.25, -0.2) is 0 Å². The summed E-state index contributed by atoms with van der Waals surface area (Å²) in [5, 5.41) is 30.9. The number of benzene rings is 2. The zero-order valence-electron chi connectivity index (χ0n) is 16.0. The standard InChI is InChI=1S/C24H30O3/c25-19-10-11-21(23(27)16-19)24(13-5-2-6-14-24)18-9-12-22(26)20(15-18)17-7-3-1-4-8-17/h9-12,15-17,25-27H,1-8,13-14H2. The highest BCUT2D eigenvalue weighted by atomic mass is 16.3. The third kappa shape index (κ3) is 3.40. The van der Waals surface area contributed by atoms with Crippen molar-refractivity contribution in [2.75, 3.05) is 0 Å². The van der Waals surface area contributed by atoms with Crippen LogP contribution in [0, 0.1) is 0 Å². The molecule has 27 heavy (non-hydrogen) atoms. The van der Waals surface area contributed by atoms with Crippen molar-refractivity contribution in [3.63, 3.8) is 0 Å². The quantitative estimate of drug-likeness (QED) is 0.615. The Balaban J connectivity index is 1.81. The maximum atomic E-state index is 10.6. The molecule has 0 aliphatic heterocycles. The minimum atomic E-state index is -0.243. The molecule has 2 aliphatic carbocycles. The summed E-state index contributed by atoms with van der Waals surface area (Å²) < 4.78 is 0. The molecule has 2 aliphatic rings. The highest BCUT2D eigenvalue weighted by Gasteiger charge is 2.38. The number of phenols is 3. The Morgan fingerprint density at radius 1 is 0.704 bits per heavy atom. The highest BCUT2D eigenvalue weighted by molar-refractivity contribution is 5.52. The van der Waals surface area contributed by atoms with Gasteiger partial charge in [0.15, 0.2) is 0 Å². The summed E-state index contributed by atoms with van der Waals surface area (Å²) in [5.74, 6) is 1.11. The molecule has 0 spiro atoms. The molecular weight excluding hydrogens is 336 g/mol. The first kappa shape index (κ1) is 18.2. The van der Waals surface area contributed by atoms with Crippen molar-refractivity contribution in [1.29, 1.82) is 0 Å². The van der Waals surface area contributed by atoms with Crippen LogP contribution in [0.3, 0.4) is 0 Å². The van der Waals surface area contributed by atoms with Crippen molar-refractivity contribution < 1.29 is 15.3 Å². The molecule has 3 N–H and O–H groups in total. The first-order valence-corrected chi connectivity index (χ1v) is 10.5. The highest BCUT2D eigenvalue weighted by Crippen LogP contribution is 2.50. The van der Waals surface area contributed by atoms with Crippen LogP contribution in [-0.4, -0.2) is 15.3 Å². The molecule has 0 bridgehead atoms. The molecule has 2 aromatic carbocycles. The van der Waals surface area contributed by atoms with Crippen LogP contribution in [-0.2, 0) is 5.41 Å². The van der Waals surface area contributed by atoms with Crippen molar-refractivity contribution in [1.82, 2.24) is 0 Å². The van der Waals surface area contributed by atoms with Gasteiger partial charge in [0, 0.05) is 17.0 Å². The van der Waals surface area contributed by atoms with Crippen LogP contribution in [0.15, 0.2) is 36.4 Å². The van der Waals surface area contributed by atoms with Gasteiger partial charge in [-0.3, -0.25) is 0 Å². The largest absolute Gasteiger partial charge is 0.508 e. The average Bonchev–Trinajstić information content (AvgIpc) is 2.69. The van der Waals surface area contributed by atoms with E-state index in [2.05, 4.69) is 6.07 Å². The van der Waals surface area contributed by atoms with Crippen molar-refractivity contribution in [3.05, 3.63) is 53.1 Å². The summed E-state index contributed by atoms with van der Waals surface area (Å²) in [6, 6.07) is 11.1. The van der Waals surface area contributed by atoms with Crippen LogP contribution in [0.5, 0.6) is 17.2 Å². The molecule has 0 radical (unpaired) electrons. The molecule has 2 aromatic rings. The Hall–Kier alpha value is -2.16. The molecule has 3 nitrogen and oxygen atoms in total. The van der Waals surface area contributed by atoms with E-state index in [9.17, 15) is 15.3 Å². The summed E-state index contributed by atoms with van der Waals surface area (Å²) in [6.07, 6.45) is 11.5. The lowest BCUT2D eigenvalue weighted by Gasteiger charge is -2.39. The van der Waals surface area contributed by atoms with Crippen molar-refractivity contribution in [3.8, 4) is 17.2 Å². The second kappa shape index (κ2) is 7.46. The molecular formula is C24H30O3. The van der Waals surface area contributed by atoms with E-state index in [0.29, 0.717) is 11.7 Å². The van der Waals surface area contributed by atoms with E-state index in [4.69, 9.17) is 0 Å². The lowest BCUT2D eigenvalue weighted by Crippen LogP contribution is -2.30. The van der Waals surface area contributed by atoms with Gasteiger partial charge in [-0.05, 0) is 54.9 Å². The summed E-state index contributed by atoms with van der Waals surface area (Å²) in [7, 11) is 0. The maximum absolute atomic E-state index is 10.6. The van der Waals surface area contributed by atoms with Crippen LogP contribution in [0.25, 0.3) is 0 Å². The van der Waals surface area contributed by atoms with Gasteiger partial charge in [0.1, 0.15) is 17.2 Å². The van der Waals surface area contributed by atoms with E-state index in [0.717, 1.165) is 49.7 Å². The summed E-state index contributed by atoms with van der Waals surface area (Å²) in [6.45, 7) is 0. The predicted molar refractivity (Wildman–Crippen MR) is 108 cm³/mol. The van der Waals surface area contributed by atoms with E-state index in [1.807, 2.05) is 18.2 Å². The first-order chi connectivity index (χ1) is 13.1. The van der Waals surface area contributed by atoms with Crippen molar-refractivity contribution in [2.24, 2.45) is 0 Å². The van der Waals surface area contributed by atoms with Crippen molar-refractivity contribution in [2.45, 2.75) is 75.5 Å². The Kier molecular flexibility index (Phi) is 5.03. The topological polar surface area (TPSA) is 60.7 Å². The lowest BCUT2D eigenvalue weighted by atomic mass is 9.64. The third-order valence-corrected chi connectivity index (χ3v) is 6.83. The van der Waals surface area contributed by atoms with Crippen LogP contribution in [0.2, 0.25) is 0 Å². The Morgan fingerprint density at radius 2 is 1.41 bits per heavy atom. The fraction of sp³-hybridized carbons (Fsp3) is 0.500. The average molecular weight is 367 g/mol. The lowest BCUT2D eigenvalue weighted by molar-refractivity contribution is 0.330. The van der Waals surface area contributed by atoms with Gasteiger partial charge < -0.3 is 15.3 Å². The van der Waals surface area contributed by atoms with E-state index in [1.54, 1.807) is 6.07 Å². The number of phenolic OH excluding ortho intramolecular Hbond substituents is 3. The molecule has 2 fully saturated rings. The number of rotatable bonds is 3. The summed E-state index contributed by atoms with van der Waals surface area (Å²) in [4.78, 5) is 0. The molecule has 0 unspecified atom stereocenters. The zero-order chi connectivity index (χ0) is 18.9. The smallest absolute Gasteiger partial charge is 0.123 e. The Labute approximate surface area is 161 Å². The summed E-state index contributed by atoms with van der Waals surface area (Å²) in [5.41, 5.74) is 2.94. The van der Waals surface area contributed by atoms with E-state index >= 15 is 0 Å². The minimum Gasteiger partial charge on any atom is -0.508 e. The van der Waals surface area contributed by atoms with E-state index in [1.165, 1.54) is 37.3 Å². The summed E-state index contributed by atoms with van der Waals surface area (Å²) >= 11 is 0. The normalized spacial score (nSPS) is 20.4. The van der Waals surface area contributed by atoms with E-state index < -0.39 is 0 Å². The minimum absolute atomic E-state index is 0.0933. The van der Waals surface area contributed by atoms with Gasteiger partial charge in [0.05, 0.1) is 0 Å². The van der Waals surface area contributed by atoms with Crippen molar-refractivity contribution >= 4 is 0 Å². The van der Waals surface area contributed by atoms with Crippen LogP contribution < -0.4 is 0 Å². The predicted octanol–water partition coefficient (Wildman–Crippen LogP) is 6.10. The molecule has 0 saturated heterocycles. The fourth-order valence-electron chi connectivity index (χ4n) is 5.39.